The highest BCUT2D eigenvalue weighted by Gasteiger charge is 2.39. The lowest BCUT2D eigenvalue weighted by Gasteiger charge is -2.42. The summed E-state index contributed by atoms with van der Waals surface area (Å²) in [7, 11) is 1.54. The average molecular weight is 333 g/mol. The lowest BCUT2D eigenvalue weighted by molar-refractivity contribution is 0.0978. The predicted molar refractivity (Wildman–Crippen MR) is 88.4 cm³/mol. The van der Waals surface area contributed by atoms with Crippen LogP contribution in [-0.4, -0.2) is 40.8 Å². The van der Waals surface area contributed by atoms with Crippen LogP contribution < -0.4 is 11.5 Å². The molecule has 1 aliphatic carbocycles. The fourth-order valence-electron chi connectivity index (χ4n) is 3.95. The number of primary amides is 2. The monoisotopic (exact) mass is 333 g/mol. The Bertz CT molecular complexity index is 671. The number of fused-ring (bicyclic) bond motifs is 1. The molecule has 1 saturated carbocycles. The third kappa shape index (κ3) is 2.83. The Kier molecular flexibility index (Phi) is 4.46. The van der Waals surface area contributed by atoms with Crippen molar-refractivity contribution in [3.8, 4) is 0 Å². The van der Waals surface area contributed by atoms with E-state index in [1.807, 2.05) is 10.8 Å². The van der Waals surface area contributed by atoms with Gasteiger partial charge in [0.25, 0.3) is 5.91 Å². The zero-order valence-corrected chi connectivity index (χ0v) is 13.8. The van der Waals surface area contributed by atoms with Gasteiger partial charge in [0.2, 0.25) is 0 Å². The first kappa shape index (κ1) is 16.4. The molecule has 2 aliphatic rings. The number of nitrogens with zero attached hydrogens (tertiary/aromatic N) is 3. The molecule has 2 heterocycles. The summed E-state index contributed by atoms with van der Waals surface area (Å²) in [4.78, 5) is 30.3. The second-order valence-corrected chi connectivity index (χ2v) is 6.33. The molecular formula is C16H23N5O3. The molecule has 1 unspecified atom stereocenters. The fourth-order valence-corrected chi connectivity index (χ4v) is 3.95. The van der Waals surface area contributed by atoms with Crippen LogP contribution in [0, 0.1) is 5.92 Å². The van der Waals surface area contributed by atoms with Crippen molar-refractivity contribution in [3.05, 3.63) is 23.5 Å². The number of nitrogens with two attached hydrogens (primary N) is 2. The number of oxime groups is 1. The van der Waals surface area contributed by atoms with Crippen molar-refractivity contribution >= 4 is 17.6 Å². The molecule has 1 aliphatic heterocycles. The minimum absolute atomic E-state index is 0.209. The van der Waals surface area contributed by atoms with E-state index in [0.717, 1.165) is 37.1 Å². The Morgan fingerprint density at radius 2 is 1.96 bits per heavy atom. The molecular weight excluding hydrogens is 310 g/mol. The molecule has 0 aromatic carbocycles. The molecule has 4 N–H and O–H groups in total. The molecule has 24 heavy (non-hydrogen) atoms. The van der Waals surface area contributed by atoms with Gasteiger partial charge < -0.3 is 25.8 Å². The van der Waals surface area contributed by atoms with Crippen LogP contribution in [0.5, 0.6) is 0 Å². The zero-order valence-electron chi connectivity index (χ0n) is 13.8. The van der Waals surface area contributed by atoms with Crippen molar-refractivity contribution in [3.63, 3.8) is 0 Å². The summed E-state index contributed by atoms with van der Waals surface area (Å²) in [6.45, 7) is 1.15. The number of urea groups is 1. The third-order valence-corrected chi connectivity index (χ3v) is 5.03. The average Bonchev–Trinajstić information content (AvgIpc) is 2.99. The van der Waals surface area contributed by atoms with Gasteiger partial charge in [-0.15, -0.1) is 0 Å². The van der Waals surface area contributed by atoms with Crippen LogP contribution in [-0.2, 0) is 11.4 Å². The molecule has 0 bridgehead atoms. The quantitative estimate of drug-likeness (QED) is 0.810. The van der Waals surface area contributed by atoms with Gasteiger partial charge in [0.1, 0.15) is 7.11 Å². The SMILES string of the molecule is CON=C1CCC(C2c3c(C(N)=O)ccn3CCN2C(N)=O)CC1. The number of hydrogen-bond donors (Lipinski definition) is 2. The lowest BCUT2D eigenvalue weighted by Crippen LogP contribution is -2.48. The molecule has 130 valence electrons. The summed E-state index contributed by atoms with van der Waals surface area (Å²) in [5.41, 5.74) is 13.5. The molecule has 1 aromatic rings. The summed E-state index contributed by atoms with van der Waals surface area (Å²) >= 11 is 0. The maximum atomic E-state index is 12.0. The van der Waals surface area contributed by atoms with E-state index in [-0.39, 0.29) is 12.0 Å². The number of carbonyl (C=O) groups is 2. The highest BCUT2D eigenvalue weighted by molar-refractivity contribution is 5.94. The standard InChI is InChI=1S/C16H23N5O3/c1-24-19-11-4-2-10(3-5-11)13-14-12(15(17)22)6-7-20(14)8-9-21(13)16(18)23/h6-7,10,13H,2-5,8-9H2,1H3,(H2,17,22)(H2,18,23). The maximum absolute atomic E-state index is 12.0. The van der Waals surface area contributed by atoms with Crippen LogP contribution in [0.1, 0.15) is 47.8 Å². The van der Waals surface area contributed by atoms with Crippen LogP contribution in [0.3, 0.4) is 0 Å². The number of carbonyl (C=O) groups excluding carboxylic acids is 2. The summed E-state index contributed by atoms with van der Waals surface area (Å²) in [6.07, 6.45) is 5.21. The first-order valence-electron chi connectivity index (χ1n) is 8.16. The van der Waals surface area contributed by atoms with Gasteiger partial charge >= 0.3 is 6.03 Å². The van der Waals surface area contributed by atoms with Crippen molar-refractivity contribution < 1.29 is 14.4 Å². The normalized spacial score (nSPS) is 23.5. The van der Waals surface area contributed by atoms with Crippen LogP contribution in [0.2, 0.25) is 0 Å². The zero-order chi connectivity index (χ0) is 17.3. The first-order chi connectivity index (χ1) is 11.5. The Morgan fingerprint density at radius 3 is 2.54 bits per heavy atom. The summed E-state index contributed by atoms with van der Waals surface area (Å²) < 4.78 is 2.02. The van der Waals surface area contributed by atoms with E-state index in [9.17, 15) is 9.59 Å². The van der Waals surface area contributed by atoms with Crippen LogP contribution in [0.15, 0.2) is 17.4 Å². The van der Waals surface area contributed by atoms with E-state index in [0.29, 0.717) is 18.7 Å². The van der Waals surface area contributed by atoms with E-state index in [1.165, 1.54) is 0 Å². The van der Waals surface area contributed by atoms with Gasteiger partial charge in [-0.2, -0.15) is 0 Å². The smallest absolute Gasteiger partial charge is 0.315 e. The van der Waals surface area contributed by atoms with Crippen molar-refractivity contribution in [2.75, 3.05) is 13.7 Å². The summed E-state index contributed by atoms with van der Waals surface area (Å²) in [6, 6.07) is 1.05. The predicted octanol–water partition coefficient (Wildman–Crippen LogP) is 1.22. The van der Waals surface area contributed by atoms with E-state index < -0.39 is 11.9 Å². The largest absolute Gasteiger partial charge is 0.399 e. The van der Waals surface area contributed by atoms with Crippen LogP contribution in [0.4, 0.5) is 4.79 Å². The minimum Gasteiger partial charge on any atom is -0.399 e. The van der Waals surface area contributed by atoms with E-state index in [4.69, 9.17) is 16.3 Å². The summed E-state index contributed by atoms with van der Waals surface area (Å²) in [5, 5.41) is 4.03. The molecule has 3 amide bonds. The van der Waals surface area contributed by atoms with Crippen molar-refractivity contribution in [1.29, 1.82) is 0 Å². The molecule has 0 saturated heterocycles. The Labute approximate surface area is 140 Å². The van der Waals surface area contributed by atoms with Gasteiger partial charge in [0.05, 0.1) is 23.0 Å². The topological polar surface area (TPSA) is 116 Å². The molecule has 0 spiro atoms. The Balaban J connectivity index is 1.94. The van der Waals surface area contributed by atoms with E-state index in [2.05, 4.69) is 5.16 Å². The van der Waals surface area contributed by atoms with Crippen LogP contribution in [0.25, 0.3) is 0 Å². The van der Waals surface area contributed by atoms with Gasteiger partial charge in [-0.1, -0.05) is 5.16 Å². The highest BCUT2D eigenvalue weighted by Crippen LogP contribution is 2.41. The minimum atomic E-state index is -0.475. The summed E-state index contributed by atoms with van der Waals surface area (Å²) in [5.74, 6) is -0.266. The second kappa shape index (κ2) is 6.54. The molecule has 8 heteroatoms. The highest BCUT2D eigenvalue weighted by atomic mass is 16.6. The second-order valence-electron chi connectivity index (χ2n) is 6.33. The number of aromatic nitrogens is 1. The van der Waals surface area contributed by atoms with Gasteiger partial charge in [-0.25, -0.2) is 4.79 Å². The molecule has 1 atom stereocenters. The Hall–Kier alpha value is -2.51. The number of rotatable bonds is 3. The van der Waals surface area contributed by atoms with Crippen LogP contribution >= 0.6 is 0 Å². The number of hydrogen-bond acceptors (Lipinski definition) is 4. The fraction of sp³-hybridized carbons (Fsp3) is 0.562. The van der Waals surface area contributed by atoms with Crippen molar-refractivity contribution in [2.45, 2.75) is 38.3 Å². The third-order valence-electron chi connectivity index (χ3n) is 5.03. The van der Waals surface area contributed by atoms with Gasteiger partial charge in [-0.05, 0) is 37.7 Å². The lowest BCUT2D eigenvalue weighted by atomic mass is 9.79. The Morgan fingerprint density at radius 1 is 1.25 bits per heavy atom. The van der Waals surface area contributed by atoms with Crippen molar-refractivity contribution in [2.24, 2.45) is 22.5 Å². The first-order valence-corrected chi connectivity index (χ1v) is 8.16. The number of amides is 3. The molecule has 1 fully saturated rings. The van der Waals surface area contributed by atoms with Gasteiger partial charge in [0.15, 0.2) is 0 Å². The van der Waals surface area contributed by atoms with E-state index in [1.54, 1.807) is 18.1 Å². The van der Waals surface area contributed by atoms with Gasteiger partial charge in [0, 0.05) is 19.3 Å². The molecule has 3 rings (SSSR count). The molecule has 8 nitrogen and oxygen atoms in total. The van der Waals surface area contributed by atoms with E-state index >= 15 is 0 Å². The maximum Gasteiger partial charge on any atom is 0.315 e. The molecule has 1 aromatic heterocycles. The molecule has 0 radical (unpaired) electrons. The van der Waals surface area contributed by atoms with Gasteiger partial charge in [-0.3, -0.25) is 4.79 Å². The van der Waals surface area contributed by atoms with Crippen molar-refractivity contribution in [1.82, 2.24) is 9.47 Å².